The van der Waals surface area contributed by atoms with Crippen LogP contribution in [0.25, 0.3) is 0 Å². The van der Waals surface area contributed by atoms with Crippen LogP contribution in [0.3, 0.4) is 0 Å². The Bertz CT molecular complexity index is 362. The molecule has 0 amide bonds. The summed E-state index contributed by atoms with van der Waals surface area (Å²) in [7, 11) is 2.15. The molecule has 1 heterocycles. The van der Waals surface area contributed by atoms with Gasteiger partial charge in [-0.3, -0.25) is 0 Å². The summed E-state index contributed by atoms with van der Waals surface area (Å²) >= 11 is 3.49. The van der Waals surface area contributed by atoms with Gasteiger partial charge >= 0.3 is 0 Å². The second kappa shape index (κ2) is 5.17. The maximum atomic E-state index is 9.10. The van der Waals surface area contributed by atoms with Crippen molar-refractivity contribution in [2.24, 2.45) is 0 Å². The van der Waals surface area contributed by atoms with Crippen molar-refractivity contribution >= 4 is 21.6 Å². The van der Waals surface area contributed by atoms with Crippen LogP contribution in [0.4, 0.5) is 5.69 Å². The highest BCUT2D eigenvalue weighted by Gasteiger charge is 2.14. The van der Waals surface area contributed by atoms with Crippen LogP contribution in [0.5, 0.6) is 0 Å². The van der Waals surface area contributed by atoms with Gasteiger partial charge in [-0.25, -0.2) is 0 Å². The summed E-state index contributed by atoms with van der Waals surface area (Å²) in [6.07, 6.45) is 0. The first kappa shape index (κ1) is 11.9. The number of likely N-dealkylation sites (N-methyl/N-ethyl adjacent to an activating group) is 1. The Morgan fingerprint density at radius 3 is 2.50 bits per heavy atom. The molecule has 1 aromatic rings. The summed E-state index contributed by atoms with van der Waals surface area (Å²) in [5.74, 6) is 0. The fourth-order valence-corrected chi connectivity index (χ4v) is 2.42. The van der Waals surface area contributed by atoms with Crippen molar-refractivity contribution in [2.75, 3.05) is 38.1 Å². The molecule has 2 rings (SSSR count). The smallest absolute Gasteiger partial charge is 0.0692 e. The number of benzene rings is 1. The van der Waals surface area contributed by atoms with Crippen molar-refractivity contribution in [1.29, 1.82) is 0 Å². The molecule has 0 aromatic heterocycles. The zero-order chi connectivity index (χ0) is 11.5. The number of aliphatic hydroxyl groups is 1. The van der Waals surface area contributed by atoms with E-state index in [4.69, 9.17) is 5.11 Å². The average Bonchev–Trinajstić information content (AvgIpc) is 2.30. The summed E-state index contributed by atoms with van der Waals surface area (Å²) < 4.78 is 0.992. The molecule has 1 saturated heterocycles. The Hall–Kier alpha value is -0.580. The van der Waals surface area contributed by atoms with Gasteiger partial charge in [0.15, 0.2) is 0 Å². The van der Waals surface area contributed by atoms with Crippen LogP contribution >= 0.6 is 15.9 Å². The molecule has 1 fully saturated rings. The minimum atomic E-state index is 0.0869. The summed E-state index contributed by atoms with van der Waals surface area (Å²) in [5.41, 5.74) is 2.18. The SMILES string of the molecule is CN1CCN(c2ccc(CO)c(Br)c2)CC1. The molecule has 0 bridgehead atoms. The first-order valence-corrected chi connectivity index (χ1v) is 6.33. The first-order chi connectivity index (χ1) is 7.70. The number of piperazine rings is 1. The van der Waals surface area contributed by atoms with E-state index >= 15 is 0 Å². The van der Waals surface area contributed by atoms with Crippen LogP contribution < -0.4 is 4.90 Å². The number of nitrogens with zero attached hydrogens (tertiary/aromatic N) is 2. The summed E-state index contributed by atoms with van der Waals surface area (Å²) in [6.45, 7) is 4.45. The van der Waals surface area contributed by atoms with E-state index in [0.29, 0.717) is 0 Å². The van der Waals surface area contributed by atoms with E-state index in [1.807, 2.05) is 6.07 Å². The third-order valence-corrected chi connectivity index (χ3v) is 3.81. The van der Waals surface area contributed by atoms with Gasteiger partial charge in [-0.15, -0.1) is 0 Å². The normalized spacial score (nSPS) is 17.8. The van der Waals surface area contributed by atoms with Gasteiger partial charge in [-0.2, -0.15) is 0 Å². The topological polar surface area (TPSA) is 26.7 Å². The van der Waals surface area contributed by atoms with E-state index in [-0.39, 0.29) is 6.61 Å². The van der Waals surface area contributed by atoms with E-state index in [0.717, 1.165) is 36.2 Å². The van der Waals surface area contributed by atoms with E-state index in [2.05, 4.69) is 44.9 Å². The molecule has 0 spiro atoms. The van der Waals surface area contributed by atoms with Crippen molar-refractivity contribution in [3.8, 4) is 0 Å². The van der Waals surface area contributed by atoms with Crippen molar-refractivity contribution in [3.05, 3.63) is 28.2 Å². The second-order valence-corrected chi connectivity index (χ2v) is 5.08. The molecule has 1 N–H and O–H groups in total. The standard InChI is InChI=1S/C12H17BrN2O/c1-14-4-6-15(7-5-14)11-3-2-10(9-16)12(13)8-11/h2-3,8,16H,4-7,9H2,1H3. The Morgan fingerprint density at radius 2 is 1.94 bits per heavy atom. The van der Waals surface area contributed by atoms with E-state index in [1.54, 1.807) is 0 Å². The number of hydrogen-bond donors (Lipinski definition) is 1. The molecular formula is C12H17BrN2O. The summed E-state index contributed by atoms with van der Waals surface area (Å²) in [4.78, 5) is 4.72. The van der Waals surface area contributed by atoms with Crippen molar-refractivity contribution in [3.63, 3.8) is 0 Å². The predicted molar refractivity (Wildman–Crippen MR) is 69.8 cm³/mol. The number of hydrogen-bond acceptors (Lipinski definition) is 3. The highest BCUT2D eigenvalue weighted by molar-refractivity contribution is 9.10. The minimum absolute atomic E-state index is 0.0869. The maximum Gasteiger partial charge on any atom is 0.0692 e. The number of aliphatic hydroxyl groups excluding tert-OH is 1. The van der Waals surface area contributed by atoms with E-state index in [1.165, 1.54) is 5.69 Å². The van der Waals surface area contributed by atoms with Crippen molar-refractivity contribution < 1.29 is 5.11 Å². The van der Waals surface area contributed by atoms with Crippen LogP contribution in [0, 0.1) is 0 Å². The molecule has 0 atom stereocenters. The minimum Gasteiger partial charge on any atom is -0.392 e. The van der Waals surface area contributed by atoms with Gasteiger partial charge < -0.3 is 14.9 Å². The zero-order valence-electron chi connectivity index (χ0n) is 9.49. The highest BCUT2D eigenvalue weighted by atomic mass is 79.9. The van der Waals surface area contributed by atoms with Gasteiger partial charge in [0, 0.05) is 36.3 Å². The molecule has 0 saturated carbocycles. The highest BCUT2D eigenvalue weighted by Crippen LogP contribution is 2.24. The molecule has 3 nitrogen and oxygen atoms in total. The molecule has 1 aromatic carbocycles. The quantitative estimate of drug-likeness (QED) is 0.896. The van der Waals surface area contributed by atoms with Crippen LogP contribution in [0.15, 0.2) is 22.7 Å². The molecule has 1 aliphatic heterocycles. The average molecular weight is 285 g/mol. The largest absolute Gasteiger partial charge is 0.392 e. The zero-order valence-corrected chi connectivity index (χ0v) is 11.1. The van der Waals surface area contributed by atoms with Crippen LogP contribution in [0.2, 0.25) is 0 Å². The number of halogens is 1. The molecule has 0 unspecified atom stereocenters. The summed E-state index contributed by atoms with van der Waals surface area (Å²) in [6, 6.07) is 6.16. The monoisotopic (exact) mass is 284 g/mol. The third kappa shape index (κ3) is 2.56. The second-order valence-electron chi connectivity index (χ2n) is 4.22. The molecule has 4 heteroatoms. The molecule has 0 radical (unpaired) electrons. The van der Waals surface area contributed by atoms with Gasteiger partial charge in [-0.1, -0.05) is 22.0 Å². The third-order valence-electron chi connectivity index (χ3n) is 3.08. The van der Waals surface area contributed by atoms with E-state index in [9.17, 15) is 0 Å². The van der Waals surface area contributed by atoms with Crippen molar-refractivity contribution in [2.45, 2.75) is 6.61 Å². The molecule has 1 aliphatic rings. The Labute approximate surface area is 105 Å². The lowest BCUT2D eigenvalue weighted by atomic mass is 10.2. The van der Waals surface area contributed by atoms with Crippen LogP contribution in [0.1, 0.15) is 5.56 Å². The molecule has 16 heavy (non-hydrogen) atoms. The van der Waals surface area contributed by atoms with Crippen molar-refractivity contribution in [1.82, 2.24) is 4.90 Å². The lowest BCUT2D eigenvalue weighted by Crippen LogP contribution is -2.44. The van der Waals surface area contributed by atoms with Gasteiger partial charge in [-0.05, 0) is 24.7 Å². The predicted octanol–water partition coefficient (Wildman–Crippen LogP) is 1.69. The fraction of sp³-hybridized carbons (Fsp3) is 0.500. The van der Waals surface area contributed by atoms with Gasteiger partial charge in [0.1, 0.15) is 0 Å². The Balaban J connectivity index is 2.12. The first-order valence-electron chi connectivity index (χ1n) is 5.53. The fourth-order valence-electron chi connectivity index (χ4n) is 1.93. The van der Waals surface area contributed by atoms with Gasteiger partial charge in [0.25, 0.3) is 0 Å². The van der Waals surface area contributed by atoms with Gasteiger partial charge in [0.2, 0.25) is 0 Å². The Morgan fingerprint density at radius 1 is 1.25 bits per heavy atom. The van der Waals surface area contributed by atoms with Crippen LogP contribution in [-0.2, 0) is 6.61 Å². The van der Waals surface area contributed by atoms with Crippen LogP contribution in [-0.4, -0.2) is 43.2 Å². The molecule has 0 aliphatic carbocycles. The van der Waals surface area contributed by atoms with Gasteiger partial charge in [0.05, 0.1) is 6.61 Å². The van der Waals surface area contributed by atoms with E-state index < -0.39 is 0 Å². The lowest BCUT2D eigenvalue weighted by Gasteiger charge is -2.34. The number of rotatable bonds is 2. The number of anilines is 1. The lowest BCUT2D eigenvalue weighted by molar-refractivity contribution is 0.281. The maximum absolute atomic E-state index is 9.10. The molecule has 88 valence electrons. The Kier molecular flexibility index (Phi) is 3.84. The summed E-state index contributed by atoms with van der Waals surface area (Å²) in [5, 5.41) is 9.10. The molecular weight excluding hydrogens is 268 g/mol.